The highest BCUT2D eigenvalue weighted by Crippen LogP contribution is 2.21. The van der Waals surface area contributed by atoms with Gasteiger partial charge in [-0.25, -0.2) is 4.98 Å². The zero-order chi connectivity index (χ0) is 13.4. The third-order valence-corrected chi connectivity index (χ3v) is 1.97. The van der Waals surface area contributed by atoms with Crippen molar-refractivity contribution < 1.29 is 9.53 Å². The molecule has 0 aliphatic carbocycles. The summed E-state index contributed by atoms with van der Waals surface area (Å²) >= 11 is 0. The van der Waals surface area contributed by atoms with E-state index in [-0.39, 0.29) is 18.6 Å². The van der Waals surface area contributed by atoms with Crippen LogP contribution in [-0.2, 0) is 4.79 Å². The summed E-state index contributed by atoms with van der Waals surface area (Å²) in [6.45, 7) is 8.20. The number of nitrogens with zero attached hydrogens (tertiary/aromatic N) is 1. The number of nitrogens with one attached hydrogen (secondary N) is 2. The molecule has 1 amide bonds. The Hall–Kier alpha value is -1.88. The Morgan fingerprint density at radius 3 is 3.06 bits per heavy atom. The number of aromatic nitrogens is 1. The van der Waals surface area contributed by atoms with Gasteiger partial charge < -0.3 is 15.4 Å². The average Bonchev–Trinajstić information content (AvgIpc) is 2.31. The predicted octanol–water partition coefficient (Wildman–Crippen LogP) is 1.58. The molecule has 0 radical (unpaired) electrons. The van der Waals surface area contributed by atoms with Crippen LogP contribution in [0.1, 0.15) is 13.8 Å². The number of hydrogen-bond donors (Lipinski definition) is 2. The standard InChI is InChI=1S/C13H19N3O2/c1-4-7-14-9-12(17)16-11-6-5-8-15-13(11)18-10(2)3/h4-6,8,10,14H,1,7,9H2,2-3H3,(H,16,17). The van der Waals surface area contributed by atoms with Gasteiger partial charge >= 0.3 is 0 Å². The van der Waals surface area contributed by atoms with Crippen LogP contribution in [0.2, 0.25) is 0 Å². The van der Waals surface area contributed by atoms with Gasteiger partial charge in [-0.15, -0.1) is 6.58 Å². The van der Waals surface area contributed by atoms with E-state index in [4.69, 9.17) is 4.74 Å². The maximum Gasteiger partial charge on any atom is 0.238 e. The number of carbonyl (C=O) groups is 1. The summed E-state index contributed by atoms with van der Waals surface area (Å²) < 4.78 is 5.51. The van der Waals surface area contributed by atoms with Crippen molar-refractivity contribution in [2.24, 2.45) is 0 Å². The number of rotatable bonds is 7. The maximum atomic E-state index is 11.6. The Kier molecular flexibility index (Phi) is 5.87. The molecule has 0 spiro atoms. The van der Waals surface area contributed by atoms with E-state index in [9.17, 15) is 4.79 Å². The fourth-order valence-electron chi connectivity index (χ4n) is 1.29. The van der Waals surface area contributed by atoms with Crippen LogP contribution in [0.15, 0.2) is 31.0 Å². The second-order valence-corrected chi connectivity index (χ2v) is 3.99. The normalized spacial score (nSPS) is 10.2. The molecule has 98 valence electrons. The zero-order valence-corrected chi connectivity index (χ0v) is 10.8. The van der Waals surface area contributed by atoms with Gasteiger partial charge in [0.05, 0.1) is 12.6 Å². The largest absolute Gasteiger partial charge is 0.473 e. The third-order valence-electron chi connectivity index (χ3n) is 1.97. The first-order chi connectivity index (χ1) is 8.63. The molecule has 0 saturated carbocycles. The predicted molar refractivity (Wildman–Crippen MR) is 71.7 cm³/mol. The van der Waals surface area contributed by atoms with Crippen LogP contribution in [0.3, 0.4) is 0 Å². The Morgan fingerprint density at radius 1 is 1.61 bits per heavy atom. The van der Waals surface area contributed by atoms with Crippen LogP contribution in [0, 0.1) is 0 Å². The minimum absolute atomic E-state index is 0.00874. The third kappa shape index (κ3) is 4.97. The molecule has 0 fully saturated rings. The molecule has 1 aromatic heterocycles. The molecule has 1 aromatic rings. The van der Waals surface area contributed by atoms with E-state index in [1.165, 1.54) is 0 Å². The lowest BCUT2D eigenvalue weighted by Crippen LogP contribution is -2.28. The molecule has 1 rings (SSSR count). The molecule has 2 N–H and O–H groups in total. The Bertz CT molecular complexity index is 405. The Morgan fingerprint density at radius 2 is 2.39 bits per heavy atom. The van der Waals surface area contributed by atoms with E-state index < -0.39 is 0 Å². The molecule has 0 aliphatic rings. The van der Waals surface area contributed by atoms with Gasteiger partial charge in [0.2, 0.25) is 11.8 Å². The summed E-state index contributed by atoms with van der Waals surface area (Å²) in [7, 11) is 0. The highest BCUT2D eigenvalue weighted by Gasteiger charge is 2.09. The molecule has 0 aliphatic heterocycles. The van der Waals surface area contributed by atoms with Crippen LogP contribution < -0.4 is 15.4 Å². The van der Waals surface area contributed by atoms with Gasteiger partial charge in [0.1, 0.15) is 5.69 Å². The molecule has 0 bridgehead atoms. The Labute approximate surface area is 107 Å². The first-order valence-corrected chi connectivity index (χ1v) is 5.86. The van der Waals surface area contributed by atoms with Crippen LogP contribution in [0.5, 0.6) is 5.88 Å². The molecule has 0 aromatic carbocycles. The van der Waals surface area contributed by atoms with Crippen molar-refractivity contribution in [1.82, 2.24) is 10.3 Å². The number of carbonyl (C=O) groups excluding carboxylic acids is 1. The van der Waals surface area contributed by atoms with E-state index >= 15 is 0 Å². The smallest absolute Gasteiger partial charge is 0.238 e. The van der Waals surface area contributed by atoms with Crippen molar-refractivity contribution in [2.75, 3.05) is 18.4 Å². The molecule has 18 heavy (non-hydrogen) atoms. The van der Waals surface area contributed by atoms with Gasteiger partial charge in [0.25, 0.3) is 0 Å². The quantitative estimate of drug-likeness (QED) is 0.569. The van der Waals surface area contributed by atoms with E-state index in [2.05, 4.69) is 22.2 Å². The summed E-state index contributed by atoms with van der Waals surface area (Å²) in [6, 6.07) is 3.51. The fourth-order valence-corrected chi connectivity index (χ4v) is 1.29. The van der Waals surface area contributed by atoms with Crippen LogP contribution in [0.25, 0.3) is 0 Å². The van der Waals surface area contributed by atoms with Gasteiger partial charge in [-0.1, -0.05) is 6.08 Å². The highest BCUT2D eigenvalue weighted by molar-refractivity contribution is 5.93. The SMILES string of the molecule is C=CCNCC(=O)Nc1cccnc1OC(C)C. The van der Waals surface area contributed by atoms with Gasteiger partial charge in [-0.3, -0.25) is 4.79 Å². The first kappa shape index (κ1) is 14.2. The number of anilines is 1. The topological polar surface area (TPSA) is 63.2 Å². The van der Waals surface area contributed by atoms with Crippen LogP contribution in [-0.4, -0.2) is 30.1 Å². The molecule has 0 saturated heterocycles. The van der Waals surface area contributed by atoms with Crippen molar-refractivity contribution in [3.63, 3.8) is 0 Å². The van der Waals surface area contributed by atoms with Crippen molar-refractivity contribution in [3.05, 3.63) is 31.0 Å². The second kappa shape index (κ2) is 7.45. The van der Waals surface area contributed by atoms with Gasteiger partial charge in [0.15, 0.2) is 0 Å². The summed E-state index contributed by atoms with van der Waals surface area (Å²) in [5, 5.41) is 5.68. The van der Waals surface area contributed by atoms with Crippen molar-refractivity contribution in [3.8, 4) is 5.88 Å². The Balaban J connectivity index is 2.60. The summed E-state index contributed by atoms with van der Waals surface area (Å²) in [4.78, 5) is 15.7. The highest BCUT2D eigenvalue weighted by atomic mass is 16.5. The maximum absolute atomic E-state index is 11.6. The van der Waals surface area contributed by atoms with E-state index in [1.54, 1.807) is 24.4 Å². The molecular weight excluding hydrogens is 230 g/mol. The fraction of sp³-hybridized carbons (Fsp3) is 0.385. The minimum atomic E-state index is -0.140. The van der Waals surface area contributed by atoms with Gasteiger partial charge in [-0.2, -0.15) is 0 Å². The van der Waals surface area contributed by atoms with Crippen LogP contribution in [0.4, 0.5) is 5.69 Å². The summed E-state index contributed by atoms with van der Waals surface area (Å²) in [5.74, 6) is 0.294. The lowest BCUT2D eigenvalue weighted by atomic mass is 10.3. The molecule has 5 heteroatoms. The minimum Gasteiger partial charge on any atom is -0.473 e. The van der Waals surface area contributed by atoms with Crippen molar-refractivity contribution >= 4 is 11.6 Å². The summed E-state index contributed by atoms with van der Waals surface area (Å²) in [6.07, 6.45) is 3.34. The van der Waals surface area contributed by atoms with Crippen LogP contribution >= 0.6 is 0 Å². The van der Waals surface area contributed by atoms with Gasteiger partial charge in [-0.05, 0) is 26.0 Å². The van der Waals surface area contributed by atoms with E-state index in [1.807, 2.05) is 13.8 Å². The number of ether oxygens (including phenoxy) is 1. The average molecular weight is 249 g/mol. The van der Waals surface area contributed by atoms with E-state index in [0.29, 0.717) is 18.1 Å². The lowest BCUT2D eigenvalue weighted by molar-refractivity contribution is -0.115. The molecule has 5 nitrogen and oxygen atoms in total. The summed E-state index contributed by atoms with van der Waals surface area (Å²) in [5.41, 5.74) is 0.580. The zero-order valence-electron chi connectivity index (χ0n) is 10.8. The first-order valence-electron chi connectivity index (χ1n) is 5.86. The molecular formula is C13H19N3O2. The van der Waals surface area contributed by atoms with E-state index in [0.717, 1.165) is 0 Å². The number of pyridine rings is 1. The second-order valence-electron chi connectivity index (χ2n) is 3.99. The molecule has 0 atom stereocenters. The van der Waals surface area contributed by atoms with Gasteiger partial charge in [0, 0.05) is 12.7 Å². The monoisotopic (exact) mass is 249 g/mol. The van der Waals surface area contributed by atoms with Crippen molar-refractivity contribution in [2.45, 2.75) is 20.0 Å². The molecule has 1 heterocycles. The van der Waals surface area contributed by atoms with Crippen molar-refractivity contribution in [1.29, 1.82) is 0 Å². The number of hydrogen-bond acceptors (Lipinski definition) is 4. The molecule has 0 unspecified atom stereocenters. The number of amides is 1. The lowest BCUT2D eigenvalue weighted by Gasteiger charge is -2.13.